The van der Waals surface area contributed by atoms with Gasteiger partial charge in [0, 0.05) is 12.1 Å². The summed E-state index contributed by atoms with van der Waals surface area (Å²) < 4.78 is 0. The van der Waals surface area contributed by atoms with Crippen LogP contribution in [-0.4, -0.2) is 15.0 Å². The molecule has 2 aromatic heterocycles. The van der Waals surface area contributed by atoms with E-state index < -0.39 is 0 Å². The Morgan fingerprint density at radius 3 is 3.00 bits per heavy atom. The van der Waals surface area contributed by atoms with Gasteiger partial charge in [-0.05, 0) is 12.5 Å². The van der Waals surface area contributed by atoms with E-state index in [-0.39, 0.29) is 0 Å². The number of H-pyrrole nitrogens is 1. The quantitative estimate of drug-likeness (QED) is 0.773. The van der Waals surface area contributed by atoms with Gasteiger partial charge in [0.05, 0.1) is 5.39 Å². The average Bonchev–Trinajstić information content (AvgIpc) is 2.64. The molecule has 14 heavy (non-hydrogen) atoms. The molecule has 0 amide bonds. The van der Waals surface area contributed by atoms with Crippen LogP contribution in [0.3, 0.4) is 0 Å². The van der Waals surface area contributed by atoms with E-state index in [1.54, 1.807) is 0 Å². The maximum absolute atomic E-state index is 6.03. The molecule has 0 fully saturated rings. The first-order valence-electron chi connectivity index (χ1n) is 4.73. The number of nitrogens with zero attached hydrogens (tertiary/aromatic N) is 2. The molecule has 0 unspecified atom stereocenters. The normalized spacial score (nSPS) is 13.4. The van der Waals surface area contributed by atoms with Gasteiger partial charge in [-0.2, -0.15) is 0 Å². The average molecular weight is 210 g/mol. The molecular weight excluding hydrogens is 198 g/mol. The fraction of sp³-hybridized carbons (Fsp3) is 0.400. The number of nitrogens with one attached hydrogen (secondary N) is 1. The monoisotopic (exact) mass is 209 g/mol. The highest BCUT2D eigenvalue weighted by Crippen LogP contribution is 2.23. The van der Waals surface area contributed by atoms with Gasteiger partial charge in [-0.15, -0.1) is 0 Å². The van der Waals surface area contributed by atoms with Gasteiger partial charge >= 0.3 is 0 Å². The zero-order valence-electron chi connectivity index (χ0n) is 8.21. The fourth-order valence-electron chi connectivity index (χ4n) is 1.32. The lowest BCUT2D eigenvalue weighted by molar-refractivity contribution is 0.682. The van der Waals surface area contributed by atoms with E-state index in [0.29, 0.717) is 11.1 Å². The highest BCUT2D eigenvalue weighted by atomic mass is 35.5. The molecule has 0 aromatic carbocycles. The molecule has 0 aliphatic carbocycles. The van der Waals surface area contributed by atoms with Gasteiger partial charge in [-0.1, -0.05) is 25.4 Å². The van der Waals surface area contributed by atoms with Crippen LogP contribution in [0.5, 0.6) is 0 Å². The summed E-state index contributed by atoms with van der Waals surface area (Å²) in [5, 5.41) is 1.42. The van der Waals surface area contributed by atoms with Crippen molar-refractivity contribution in [2.45, 2.75) is 26.2 Å². The van der Waals surface area contributed by atoms with E-state index >= 15 is 0 Å². The number of aromatic nitrogens is 3. The van der Waals surface area contributed by atoms with Crippen LogP contribution < -0.4 is 0 Å². The van der Waals surface area contributed by atoms with Gasteiger partial charge in [0.25, 0.3) is 0 Å². The van der Waals surface area contributed by atoms with Crippen LogP contribution in [0, 0.1) is 0 Å². The largest absolute Gasteiger partial charge is 0.346 e. The molecule has 4 heteroatoms. The second-order valence-electron chi connectivity index (χ2n) is 3.42. The van der Waals surface area contributed by atoms with Crippen molar-refractivity contribution in [2.24, 2.45) is 0 Å². The van der Waals surface area contributed by atoms with E-state index in [2.05, 4.69) is 28.8 Å². The summed E-state index contributed by atoms with van der Waals surface area (Å²) in [6.07, 6.45) is 2.84. The van der Waals surface area contributed by atoms with Gasteiger partial charge in [-0.25, -0.2) is 9.97 Å². The minimum Gasteiger partial charge on any atom is -0.346 e. The van der Waals surface area contributed by atoms with E-state index in [1.807, 2.05) is 12.3 Å². The lowest BCUT2D eigenvalue weighted by Crippen LogP contribution is -2.00. The SMILES string of the molecule is CC[C@@H](C)c1nc(Cl)c2cc[nH]c2n1. The summed E-state index contributed by atoms with van der Waals surface area (Å²) in [6.45, 7) is 4.21. The number of rotatable bonds is 2. The van der Waals surface area contributed by atoms with Crippen LogP contribution >= 0.6 is 11.6 Å². The first kappa shape index (κ1) is 9.46. The Morgan fingerprint density at radius 1 is 1.50 bits per heavy atom. The second-order valence-corrected chi connectivity index (χ2v) is 3.78. The molecule has 0 spiro atoms. The van der Waals surface area contributed by atoms with Crippen molar-refractivity contribution in [3.05, 3.63) is 23.2 Å². The van der Waals surface area contributed by atoms with Crippen LogP contribution in [0.2, 0.25) is 5.15 Å². The number of hydrogen-bond acceptors (Lipinski definition) is 2. The van der Waals surface area contributed by atoms with Gasteiger partial charge in [-0.3, -0.25) is 0 Å². The molecule has 0 aliphatic rings. The number of aromatic amines is 1. The number of halogens is 1. The Balaban J connectivity index is 2.58. The third-order valence-corrected chi connectivity index (χ3v) is 2.73. The van der Waals surface area contributed by atoms with Gasteiger partial charge in [0.2, 0.25) is 0 Å². The predicted octanol–water partition coefficient (Wildman–Crippen LogP) is 3.12. The standard InChI is InChI=1S/C10H12ClN3/c1-3-6(2)9-13-8(11)7-4-5-12-10(7)14-9/h4-6H,3H2,1-2H3,(H,12,13,14)/t6-/m1/s1. The number of fused-ring (bicyclic) bond motifs is 1. The summed E-state index contributed by atoms with van der Waals surface area (Å²) in [6, 6.07) is 1.89. The minimum atomic E-state index is 0.347. The molecule has 2 heterocycles. The summed E-state index contributed by atoms with van der Waals surface area (Å²) >= 11 is 6.03. The second kappa shape index (κ2) is 3.58. The predicted molar refractivity (Wildman–Crippen MR) is 57.6 cm³/mol. The van der Waals surface area contributed by atoms with Gasteiger partial charge < -0.3 is 4.98 Å². The van der Waals surface area contributed by atoms with Crippen LogP contribution in [0.25, 0.3) is 11.0 Å². The Labute approximate surface area is 87.5 Å². The Bertz CT molecular complexity index is 450. The van der Waals surface area contributed by atoms with Crippen molar-refractivity contribution in [2.75, 3.05) is 0 Å². The molecule has 2 aromatic rings. The molecule has 0 bridgehead atoms. The molecule has 2 rings (SSSR count). The molecular formula is C10H12ClN3. The molecule has 3 nitrogen and oxygen atoms in total. The molecule has 0 saturated heterocycles. The molecule has 0 aliphatic heterocycles. The Morgan fingerprint density at radius 2 is 2.29 bits per heavy atom. The summed E-state index contributed by atoms with van der Waals surface area (Å²) in [4.78, 5) is 11.7. The maximum Gasteiger partial charge on any atom is 0.142 e. The molecule has 0 saturated carbocycles. The smallest absolute Gasteiger partial charge is 0.142 e. The van der Waals surface area contributed by atoms with Crippen molar-refractivity contribution in [1.82, 2.24) is 15.0 Å². The molecule has 0 radical (unpaired) electrons. The molecule has 1 N–H and O–H groups in total. The lowest BCUT2D eigenvalue weighted by atomic mass is 10.1. The topological polar surface area (TPSA) is 41.6 Å². The Kier molecular flexibility index (Phi) is 2.42. The zero-order valence-corrected chi connectivity index (χ0v) is 8.97. The van der Waals surface area contributed by atoms with Gasteiger partial charge in [0.1, 0.15) is 16.6 Å². The highest BCUT2D eigenvalue weighted by molar-refractivity contribution is 6.33. The lowest BCUT2D eigenvalue weighted by Gasteiger charge is -2.06. The van der Waals surface area contributed by atoms with E-state index in [1.165, 1.54) is 0 Å². The highest BCUT2D eigenvalue weighted by Gasteiger charge is 2.10. The number of hydrogen-bond donors (Lipinski definition) is 1. The van der Waals surface area contributed by atoms with E-state index in [9.17, 15) is 0 Å². The minimum absolute atomic E-state index is 0.347. The van der Waals surface area contributed by atoms with Gasteiger partial charge in [0.15, 0.2) is 0 Å². The van der Waals surface area contributed by atoms with Crippen molar-refractivity contribution < 1.29 is 0 Å². The summed E-state index contributed by atoms with van der Waals surface area (Å²) in [7, 11) is 0. The third-order valence-electron chi connectivity index (χ3n) is 2.44. The van der Waals surface area contributed by atoms with Crippen molar-refractivity contribution in [1.29, 1.82) is 0 Å². The van der Waals surface area contributed by atoms with Crippen LogP contribution in [0.4, 0.5) is 0 Å². The van der Waals surface area contributed by atoms with Crippen LogP contribution in [0.15, 0.2) is 12.3 Å². The Hall–Kier alpha value is -1.09. The van der Waals surface area contributed by atoms with Crippen LogP contribution in [0.1, 0.15) is 32.0 Å². The molecule has 1 atom stereocenters. The molecule has 74 valence electrons. The third kappa shape index (κ3) is 1.48. The first-order valence-corrected chi connectivity index (χ1v) is 5.10. The maximum atomic E-state index is 6.03. The van der Waals surface area contributed by atoms with E-state index in [4.69, 9.17) is 11.6 Å². The fourth-order valence-corrected chi connectivity index (χ4v) is 1.56. The van der Waals surface area contributed by atoms with Crippen LogP contribution in [-0.2, 0) is 0 Å². The van der Waals surface area contributed by atoms with E-state index in [0.717, 1.165) is 23.3 Å². The zero-order chi connectivity index (χ0) is 10.1. The van der Waals surface area contributed by atoms with Crippen molar-refractivity contribution in [3.63, 3.8) is 0 Å². The summed E-state index contributed by atoms with van der Waals surface area (Å²) in [5.41, 5.74) is 0.820. The first-order chi connectivity index (χ1) is 6.72. The summed E-state index contributed by atoms with van der Waals surface area (Å²) in [5.74, 6) is 1.16. The van der Waals surface area contributed by atoms with Crippen molar-refractivity contribution in [3.8, 4) is 0 Å². The van der Waals surface area contributed by atoms with Crippen molar-refractivity contribution >= 4 is 22.6 Å².